The van der Waals surface area contributed by atoms with Crippen molar-refractivity contribution in [3.05, 3.63) is 48.3 Å². The molecule has 0 aliphatic carbocycles. The van der Waals surface area contributed by atoms with Crippen LogP contribution in [-0.4, -0.2) is 26.0 Å². The number of pyridine rings is 1. The molecular weight excluding hydrogens is 274 g/mol. The summed E-state index contributed by atoms with van der Waals surface area (Å²) in [4.78, 5) is 12.6. The van der Waals surface area contributed by atoms with Crippen molar-refractivity contribution in [1.29, 1.82) is 0 Å². The molecule has 20 heavy (non-hydrogen) atoms. The predicted molar refractivity (Wildman–Crippen MR) is 77.0 cm³/mol. The van der Waals surface area contributed by atoms with Crippen LogP contribution in [0.5, 0.6) is 0 Å². The Labute approximate surface area is 118 Å². The van der Waals surface area contributed by atoms with Crippen LogP contribution in [-0.2, 0) is 0 Å². The Morgan fingerprint density at radius 1 is 1.25 bits per heavy atom. The van der Waals surface area contributed by atoms with Gasteiger partial charge in [0.1, 0.15) is 5.69 Å². The highest BCUT2D eigenvalue weighted by Gasteiger charge is 2.11. The first kappa shape index (κ1) is 12.5. The van der Waals surface area contributed by atoms with Gasteiger partial charge >= 0.3 is 0 Å². The van der Waals surface area contributed by atoms with E-state index in [0.717, 1.165) is 21.1 Å². The van der Waals surface area contributed by atoms with Gasteiger partial charge in [0.15, 0.2) is 11.0 Å². The van der Waals surface area contributed by atoms with E-state index < -0.39 is 0 Å². The molecule has 0 saturated heterocycles. The lowest BCUT2D eigenvalue weighted by molar-refractivity contribution is 0.318. The number of imidazole rings is 1. The van der Waals surface area contributed by atoms with Crippen molar-refractivity contribution in [3.8, 4) is 0 Å². The van der Waals surface area contributed by atoms with Crippen molar-refractivity contribution in [3.63, 3.8) is 0 Å². The number of hydrogen-bond acceptors (Lipinski definition) is 5. The standard InChI is InChI=1S/C13H11N5OS/c14-12(18-19)11-10(6-3-7-15-11)20-13-16-8-4-1-2-5-9(8)17-13/h1-7,19H,(H2,14,18)(H,16,17). The number of benzene rings is 1. The van der Waals surface area contributed by atoms with Crippen molar-refractivity contribution in [2.24, 2.45) is 10.9 Å². The molecule has 0 aliphatic rings. The van der Waals surface area contributed by atoms with Crippen molar-refractivity contribution in [2.75, 3.05) is 0 Å². The van der Waals surface area contributed by atoms with E-state index in [2.05, 4.69) is 20.1 Å². The van der Waals surface area contributed by atoms with Gasteiger partial charge in [-0.15, -0.1) is 0 Å². The number of rotatable bonds is 3. The molecule has 3 rings (SSSR count). The maximum absolute atomic E-state index is 8.78. The number of fused-ring (bicyclic) bond motifs is 1. The molecule has 0 radical (unpaired) electrons. The Bertz CT molecular complexity index is 750. The van der Waals surface area contributed by atoms with Crippen LogP contribution in [0.4, 0.5) is 0 Å². The quantitative estimate of drug-likeness (QED) is 0.296. The number of aromatic amines is 1. The highest BCUT2D eigenvalue weighted by Crippen LogP contribution is 2.28. The Hall–Kier alpha value is -2.54. The molecule has 100 valence electrons. The molecule has 0 spiro atoms. The highest BCUT2D eigenvalue weighted by molar-refractivity contribution is 7.99. The van der Waals surface area contributed by atoms with Crippen LogP contribution in [0.2, 0.25) is 0 Å². The Balaban J connectivity index is 1.99. The molecule has 2 heterocycles. The first-order valence-corrected chi connectivity index (χ1v) is 6.65. The van der Waals surface area contributed by atoms with E-state index in [1.807, 2.05) is 30.3 Å². The summed E-state index contributed by atoms with van der Waals surface area (Å²) < 4.78 is 0. The third kappa shape index (κ3) is 2.30. The lowest BCUT2D eigenvalue weighted by Gasteiger charge is -2.04. The van der Waals surface area contributed by atoms with E-state index in [9.17, 15) is 0 Å². The van der Waals surface area contributed by atoms with Crippen LogP contribution in [0.25, 0.3) is 11.0 Å². The zero-order valence-electron chi connectivity index (χ0n) is 10.3. The van der Waals surface area contributed by atoms with Gasteiger partial charge in [0.05, 0.1) is 11.0 Å². The first-order chi connectivity index (χ1) is 9.78. The second-order valence-electron chi connectivity index (χ2n) is 4.00. The van der Waals surface area contributed by atoms with Gasteiger partial charge in [-0.2, -0.15) is 0 Å². The summed E-state index contributed by atoms with van der Waals surface area (Å²) in [6, 6.07) is 11.4. The fraction of sp³-hybridized carbons (Fsp3) is 0. The number of amidine groups is 1. The van der Waals surface area contributed by atoms with Gasteiger partial charge in [0.25, 0.3) is 0 Å². The molecule has 6 nitrogen and oxygen atoms in total. The molecule has 0 atom stereocenters. The van der Waals surface area contributed by atoms with E-state index in [1.54, 1.807) is 12.3 Å². The molecule has 0 fully saturated rings. The molecule has 0 amide bonds. The maximum atomic E-state index is 8.78. The van der Waals surface area contributed by atoms with Gasteiger partial charge < -0.3 is 15.9 Å². The van der Waals surface area contributed by atoms with Gasteiger partial charge in [0.2, 0.25) is 0 Å². The fourth-order valence-corrected chi connectivity index (χ4v) is 2.71. The Kier molecular flexibility index (Phi) is 3.26. The van der Waals surface area contributed by atoms with E-state index in [-0.39, 0.29) is 5.84 Å². The van der Waals surface area contributed by atoms with Gasteiger partial charge in [0, 0.05) is 11.1 Å². The second kappa shape index (κ2) is 5.22. The van der Waals surface area contributed by atoms with Crippen LogP contribution in [0.15, 0.2) is 57.8 Å². The smallest absolute Gasteiger partial charge is 0.189 e. The van der Waals surface area contributed by atoms with Gasteiger partial charge in [-0.05, 0) is 36.0 Å². The average Bonchev–Trinajstić information content (AvgIpc) is 2.89. The number of hydrogen-bond donors (Lipinski definition) is 3. The molecule has 2 aromatic heterocycles. The number of oxime groups is 1. The van der Waals surface area contributed by atoms with Crippen molar-refractivity contribution in [2.45, 2.75) is 10.1 Å². The number of para-hydroxylation sites is 2. The number of H-pyrrole nitrogens is 1. The summed E-state index contributed by atoms with van der Waals surface area (Å²) >= 11 is 1.38. The van der Waals surface area contributed by atoms with Crippen molar-refractivity contribution in [1.82, 2.24) is 15.0 Å². The monoisotopic (exact) mass is 285 g/mol. The average molecular weight is 285 g/mol. The van der Waals surface area contributed by atoms with Gasteiger partial charge in [-0.3, -0.25) is 4.98 Å². The molecule has 0 unspecified atom stereocenters. The summed E-state index contributed by atoms with van der Waals surface area (Å²) in [7, 11) is 0. The molecule has 4 N–H and O–H groups in total. The van der Waals surface area contributed by atoms with Gasteiger partial charge in [-0.1, -0.05) is 17.3 Å². The zero-order chi connectivity index (χ0) is 13.9. The van der Waals surface area contributed by atoms with Crippen LogP contribution >= 0.6 is 11.8 Å². The second-order valence-corrected chi connectivity index (χ2v) is 5.03. The fourth-order valence-electron chi connectivity index (χ4n) is 1.79. The molecule has 7 heteroatoms. The molecule has 0 saturated carbocycles. The number of nitrogens with one attached hydrogen (secondary N) is 1. The maximum Gasteiger partial charge on any atom is 0.189 e. The van der Waals surface area contributed by atoms with Gasteiger partial charge in [-0.25, -0.2) is 4.98 Å². The first-order valence-electron chi connectivity index (χ1n) is 5.83. The topological polar surface area (TPSA) is 100 Å². The van der Waals surface area contributed by atoms with E-state index in [0.29, 0.717) is 5.69 Å². The largest absolute Gasteiger partial charge is 0.409 e. The number of aromatic nitrogens is 3. The molecule has 0 bridgehead atoms. The van der Waals surface area contributed by atoms with Crippen molar-refractivity contribution >= 4 is 28.6 Å². The number of nitrogens with zero attached hydrogens (tertiary/aromatic N) is 3. The minimum atomic E-state index is -0.0239. The Morgan fingerprint density at radius 3 is 2.90 bits per heavy atom. The predicted octanol–water partition coefficient (Wildman–Crippen LogP) is 2.20. The molecular formula is C13H11N5OS. The SMILES string of the molecule is N/C(=N/O)c1ncccc1Sc1nc2ccccc2[nH]1. The summed E-state index contributed by atoms with van der Waals surface area (Å²) in [5.41, 5.74) is 7.90. The molecule has 0 aliphatic heterocycles. The highest BCUT2D eigenvalue weighted by atomic mass is 32.2. The Morgan fingerprint density at radius 2 is 2.10 bits per heavy atom. The molecule has 3 aromatic rings. The minimum Gasteiger partial charge on any atom is -0.409 e. The van der Waals surface area contributed by atoms with Crippen LogP contribution in [0, 0.1) is 0 Å². The summed E-state index contributed by atoms with van der Waals surface area (Å²) in [5.74, 6) is -0.0239. The third-order valence-corrected chi connectivity index (χ3v) is 3.63. The van der Waals surface area contributed by atoms with E-state index in [1.165, 1.54) is 11.8 Å². The zero-order valence-corrected chi connectivity index (χ0v) is 11.1. The van der Waals surface area contributed by atoms with Crippen LogP contribution in [0.1, 0.15) is 5.69 Å². The summed E-state index contributed by atoms with van der Waals surface area (Å²) in [5, 5.41) is 12.5. The summed E-state index contributed by atoms with van der Waals surface area (Å²) in [6.07, 6.45) is 1.59. The lowest BCUT2D eigenvalue weighted by Crippen LogP contribution is -2.16. The third-order valence-electron chi connectivity index (χ3n) is 2.70. The van der Waals surface area contributed by atoms with E-state index >= 15 is 0 Å². The summed E-state index contributed by atoms with van der Waals surface area (Å²) in [6.45, 7) is 0. The van der Waals surface area contributed by atoms with Crippen LogP contribution < -0.4 is 5.73 Å². The lowest BCUT2D eigenvalue weighted by atomic mass is 10.3. The van der Waals surface area contributed by atoms with Crippen LogP contribution in [0.3, 0.4) is 0 Å². The molecule has 1 aromatic carbocycles. The minimum absolute atomic E-state index is 0.0239. The van der Waals surface area contributed by atoms with Crippen molar-refractivity contribution < 1.29 is 5.21 Å². The number of nitrogens with two attached hydrogens (primary N) is 1. The van der Waals surface area contributed by atoms with E-state index in [4.69, 9.17) is 10.9 Å². The normalized spacial score (nSPS) is 11.9.